The molecule has 0 saturated heterocycles. The first-order valence-electron chi connectivity index (χ1n) is 19.2. The Labute approximate surface area is 275 Å². The third kappa shape index (κ3) is 36.3. The van der Waals surface area contributed by atoms with Gasteiger partial charge in [0.15, 0.2) is 0 Å². The van der Waals surface area contributed by atoms with Crippen molar-refractivity contribution in [2.24, 2.45) is 5.92 Å². The first kappa shape index (κ1) is 43.8. The molecule has 0 rings (SSSR count). The lowest BCUT2D eigenvalue weighted by Gasteiger charge is -2.19. The smallest absolute Gasteiger partial charge is 0.217 e. The normalized spacial score (nSPS) is 13.5. The minimum Gasteiger partial charge on any atom is -0.726 e. The van der Waals surface area contributed by atoms with Crippen molar-refractivity contribution < 1.29 is 26.6 Å². The van der Waals surface area contributed by atoms with Crippen molar-refractivity contribution in [3.05, 3.63) is 0 Å². The molecule has 0 bridgehead atoms. The van der Waals surface area contributed by atoms with Gasteiger partial charge in [0, 0.05) is 6.61 Å². The average Bonchev–Trinajstić information content (AvgIpc) is 2.99. The molecule has 0 fully saturated rings. The van der Waals surface area contributed by atoms with Gasteiger partial charge in [0.25, 0.3) is 0 Å². The molecule has 2 atom stereocenters. The van der Waals surface area contributed by atoms with Gasteiger partial charge in [-0.25, -0.2) is 8.42 Å². The molecule has 0 aromatic heterocycles. The largest absolute Gasteiger partial charge is 0.726 e. The summed E-state index contributed by atoms with van der Waals surface area (Å²) in [7, 11) is -4.66. The molecule has 0 saturated carbocycles. The molecule has 0 radical (unpaired) electrons. The van der Waals surface area contributed by atoms with Crippen LogP contribution in [0.5, 0.6) is 0 Å². The maximum atomic E-state index is 10.5. The van der Waals surface area contributed by atoms with E-state index < -0.39 is 10.4 Å². The topological polar surface area (TPSA) is 84.9 Å². The lowest BCUT2D eigenvalue weighted by molar-refractivity contribution is -0.0252. The fourth-order valence-corrected chi connectivity index (χ4v) is 6.32. The molecule has 0 aliphatic heterocycles. The van der Waals surface area contributed by atoms with Crippen molar-refractivity contribution in [2.75, 3.05) is 26.4 Å². The van der Waals surface area contributed by atoms with Gasteiger partial charge in [-0.1, -0.05) is 181 Å². The summed E-state index contributed by atoms with van der Waals surface area (Å²) in [6.45, 7) is 7.51. The fraction of sp³-hybridized carbons (Fsp3) is 1.00. The van der Waals surface area contributed by atoms with Crippen LogP contribution >= 0.6 is 0 Å². The van der Waals surface area contributed by atoms with Gasteiger partial charge in [-0.3, -0.25) is 4.18 Å². The fourth-order valence-electron chi connectivity index (χ4n) is 6.05. The Morgan fingerprint density at radius 3 is 1.18 bits per heavy atom. The van der Waals surface area contributed by atoms with E-state index >= 15 is 0 Å². The van der Waals surface area contributed by atoms with Crippen LogP contribution in [0, 0.1) is 5.92 Å². The van der Waals surface area contributed by atoms with E-state index in [2.05, 4.69) is 18.0 Å². The number of hydrogen-bond donors (Lipinski definition) is 0. The Morgan fingerprint density at radius 1 is 0.500 bits per heavy atom. The highest BCUT2D eigenvalue weighted by atomic mass is 32.3. The van der Waals surface area contributed by atoms with Crippen molar-refractivity contribution >= 4 is 10.4 Å². The quantitative estimate of drug-likeness (QED) is 0.0379. The Bertz CT molecular complexity index is 656. The van der Waals surface area contributed by atoms with Crippen LogP contribution in [0.15, 0.2) is 0 Å². The number of ether oxygens (including phenoxy) is 2. The predicted molar refractivity (Wildman–Crippen MR) is 186 cm³/mol. The van der Waals surface area contributed by atoms with E-state index in [1.165, 1.54) is 180 Å². The minimum atomic E-state index is -4.66. The van der Waals surface area contributed by atoms with E-state index in [4.69, 9.17) is 9.47 Å². The first-order valence-corrected chi connectivity index (χ1v) is 20.5. The molecular weight excluding hydrogens is 572 g/mol. The van der Waals surface area contributed by atoms with Gasteiger partial charge < -0.3 is 14.0 Å². The maximum Gasteiger partial charge on any atom is 0.217 e. The molecule has 0 spiro atoms. The number of rotatable bonds is 37. The van der Waals surface area contributed by atoms with Gasteiger partial charge in [0.2, 0.25) is 10.4 Å². The molecule has 44 heavy (non-hydrogen) atoms. The molecule has 2 unspecified atom stereocenters. The first-order chi connectivity index (χ1) is 21.4. The maximum absolute atomic E-state index is 10.5. The van der Waals surface area contributed by atoms with Gasteiger partial charge in [0.05, 0.1) is 25.9 Å². The highest BCUT2D eigenvalue weighted by molar-refractivity contribution is 7.80. The van der Waals surface area contributed by atoms with E-state index in [-0.39, 0.29) is 19.3 Å². The molecule has 0 heterocycles. The number of unbranched alkanes of at least 4 members (excludes halogenated alkanes) is 24. The average molecular weight is 648 g/mol. The standard InChI is InChI=1S/C37H76O6S/c1-4-6-8-10-12-14-16-18-19-21-23-25-27-29-31-37(35-41-34-36(3)42-32-33-43-44(38,39)40)30-28-26-24-22-20-17-15-13-11-9-7-5-2/h36-37H,4-35H2,1-3H3,(H,38,39,40)/p-1. The van der Waals surface area contributed by atoms with Gasteiger partial charge in [-0.2, -0.15) is 0 Å². The molecule has 0 N–H and O–H groups in total. The van der Waals surface area contributed by atoms with Crippen molar-refractivity contribution in [3.63, 3.8) is 0 Å². The van der Waals surface area contributed by atoms with E-state index in [1.54, 1.807) is 0 Å². The summed E-state index contributed by atoms with van der Waals surface area (Å²) < 4.78 is 47.4. The monoisotopic (exact) mass is 648 g/mol. The lowest BCUT2D eigenvalue weighted by Crippen LogP contribution is -2.21. The second-order valence-corrected chi connectivity index (χ2v) is 14.4. The molecule has 0 aliphatic rings. The van der Waals surface area contributed by atoms with Crippen LogP contribution in [-0.2, 0) is 24.1 Å². The molecule has 7 heteroatoms. The third-order valence-electron chi connectivity index (χ3n) is 8.85. The molecule has 0 amide bonds. The summed E-state index contributed by atoms with van der Waals surface area (Å²) in [5, 5.41) is 0. The second-order valence-electron chi connectivity index (χ2n) is 13.4. The molecular formula is C37H75O6S-. The predicted octanol–water partition coefficient (Wildman–Crippen LogP) is 11.5. The van der Waals surface area contributed by atoms with Crippen LogP contribution < -0.4 is 0 Å². The van der Waals surface area contributed by atoms with Gasteiger partial charge in [-0.15, -0.1) is 0 Å². The molecule has 0 aromatic carbocycles. The van der Waals surface area contributed by atoms with E-state index in [9.17, 15) is 13.0 Å². The van der Waals surface area contributed by atoms with Crippen molar-refractivity contribution in [3.8, 4) is 0 Å². The third-order valence-corrected chi connectivity index (χ3v) is 9.31. The van der Waals surface area contributed by atoms with Gasteiger partial charge in [-0.05, 0) is 25.7 Å². The SMILES string of the molecule is CCCCCCCCCCCCCCCCC(CCCCCCCCCCCCCC)COCC(C)OCCOS(=O)(=O)[O-]. The Hall–Kier alpha value is -0.210. The van der Waals surface area contributed by atoms with Crippen LogP contribution in [0.4, 0.5) is 0 Å². The van der Waals surface area contributed by atoms with Crippen molar-refractivity contribution in [2.45, 2.75) is 207 Å². The number of hydrogen-bond acceptors (Lipinski definition) is 6. The van der Waals surface area contributed by atoms with Crippen LogP contribution in [0.2, 0.25) is 0 Å². The summed E-state index contributed by atoms with van der Waals surface area (Å²) in [5.74, 6) is 0.594. The Kier molecular flexibility index (Phi) is 34.0. The summed E-state index contributed by atoms with van der Waals surface area (Å²) in [5.41, 5.74) is 0. The zero-order valence-electron chi connectivity index (χ0n) is 29.6. The van der Waals surface area contributed by atoms with E-state index in [1.807, 2.05) is 6.92 Å². The van der Waals surface area contributed by atoms with Crippen molar-refractivity contribution in [1.29, 1.82) is 0 Å². The molecule has 6 nitrogen and oxygen atoms in total. The van der Waals surface area contributed by atoms with E-state index in [0.717, 1.165) is 6.61 Å². The molecule has 0 aromatic rings. The summed E-state index contributed by atoms with van der Waals surface area (Å²) in [6.07, 6.45) is 38.3. The Morgan fingerprint density at radius 2 is 0.841 bits per heavy atom. The summed E-state index contributed by atoms with van der Waals surface area (Å²) >= 11 is 0. The second kappa shape index (κ2) is 34.1. The van der Waals surface area contributed by atoms with Crippen LogP contribution in [0.3, 0.4) is 0 Å². The zero-order chi connectivity index (χ0) is 32.4. The van der Waals surface area contributed by atoms with Crippen LogP contribution in [0.1, 0.15) is 201 Å². The molecule has 0 aliphatic carbocycles. The van der Waals surface area contributed by atoms with Crippen LogP contribution in [0.25, 0.3) is 0 Å². The lowest BCUT2D eigenvalue weighted by atomic mass is 9.94. The van der Waals surface area contributed by atoms with Crippen molar-refractivity contribution in [1.82, 2.24) is 0 Å². The van der Waals surface area contributed by atoms with Gasteiger partial charge in [0.1, 0.15) is 0 Å². The van der Waals surface area contributed by atoms with Gasteiger partial charge >= 0.3 is 0 Å². The highest BCUT2D eigenvalue weighted by Gasteiger charge is 2.11. The summed E-state index contributed by atoms with van der Waals surface area (Å²) in [4.78, 5) is 0. The Balaban J connectivity index is 4.04. The highest BCUT2D eigenvalue weighted by Crippen LogP contribution is 2.21. The summed E-state index contributed by atoms with van der Waals surface area (Å²) in [6, 6.07) is 0. The zero-order valence-corrected chi connectivity index (χ0v) is 30.5. The minimum absolute atomic E-state index is 0.0628. The molecule has 266 valence electrons. The van der Waals surface area contributed by atoms with E-state index in [0.29, 0.717) is 12.5 Å². The van der Waals surface area contributed by atoms with Crippen LogP contribution in [-0.4, -0.2) is 45.5 Å².